The maximum absolute atomic E-state index is 5.53. The van der Waals surface area contributed by atoms with Crippen molar-refractivity contribution in [3.8, 4) is 0 Å². The predicted octanol–water partition coefficient (Wildman–Crippen LogP) is 2.45. The summed E-state index contributed by atoms with van der Waals surface area (Å²) in [5.41, 5.74) is 1.83. The first-order chi connectivity index (χ1) is 12.8. The summed E-state index contributed by atoms with van der Waals surface area (Å²) in [4.78, 5) is 15.7. The van der Waals surface area contributed by atoms with Crippen molar-refractivity contribution in [2.75, 3.05) is 44.7 Å². The van der Waals surface area contributed by atoms with Crippen molar-refractivity contribution >= 4 is 34.5 Å². The molecule has 0 radical (unpaired) electrons. The molecule has 0 amide bonds. The largest absolute Gasteiger partial charge is 0.380 e. The van der Waals surface area contributed by atoms with E-state index in [1.165, 1.54) is 0 Å². The first-order valence-corrected chi connectivity index (χ1v) is 9.64. The quantitative estimate of drug-likeness (QED) is 0.413. The Kier molecular flexibility index (Phi) is 7.08. The summed E-state index contributed by atoms with van der Waals surface area (Å²) >= 11 is 4.62. The van der Waals surface area contributed by atoms with Gasteiger partial charge in [-0.2, -0.15) is 0 Å². The van der Waals surface area contributed by atoms with E-state index >= 15 is 0 Å². The van der Waals surface area contributed by atoms with E-state index < -0.39 is 0 Å². The van der Waals surface area contributed by atoms with Crippen LogP contribution in [-0.2, 0) is 11.3 Å². The van der Waals surface area contributed by atoms with E-state index in [1.807, 2.05) is 25.3 Å². The maximum Gasteiger partial charge on any atom is 0.205 e. The maximum atomic E-state index is 5.53. The highest BCUT2D eigenvalue weighted by Gasteiger charge is 2.21. The number of hydrogen-bond acceptors (Lipinski definition) is 7. The third-order valence-electron chi connectivity index (χ3n) is 4.68. The van der Waals surface area contributed by atoms with Crippen LogP contribution in [0.1, 0.15) is 19.8 Å². The Labute approximate surface area is 159 Å². The average molecular weight is 375 g/mol. The average Bonchev–Trinajstić information content (AvgIpc) is 3.01. The third kappa shape index (κ3) is 4.86. The van der Waals surface area contributed by atoms with Crippen LogP contribution in [0.5, 0.6) is 0 Å². The number of hydrogen-bond donors (Lipinski definition) is 1. The Hall–Kier alpha value is -1.86. The lowest BCUT2D eigenvalue weighted by Gasteiger charge is -2.32. The Morgan fingerprint density at radius 1 is 1.38 bits per heavy atom. The minimum atomic E-state index is 0.419. The van der Waals surface area contributed by atoms with Crippen LogP contribution in [0.25, 0.3) is 11.2 Å². The minimum Gasteiger partial charge on any atom is -0.380 e. The highest BCUT2D eigenvalue weighted by molar-refractivity contribution is 7.78. The smallest absolute Gasteiger partial charge is 0.205 e. The molecule has 0 bridgehead atoms. The molecule has 140 valence electrons. The lowest BCUT2D eigenvalue weighted by molar-refractivity contribution is 0.140. The molecule has 1 fully saturated rings. The summed E-state index contributed by atoms with van der Waals surface area (Å²) in [6.45, 7) is 7.94. The summed E-state index contributed by atoms with van der Waals surface area (Å²) in [5, 5.41) is 6.06. The Morgan fingerprint density at radius 2 is 2.23 bits per heavy atom. The van der Waals surface area contributed by atoms with E-state index in [9.17, 15) is 0 Å². The van der Waals surface area contributed by atoms with Gasteiger partial charge in [-0.15, -0.1) is 0 Å². The van der Waals surface area contributed by atoms with E-state index in [1.54, 1.807) is 0 Å². The first-order valence-electron chi connectivity index (χ1n) is 9.23. The van der Waals surface area contributed by atoms with Gasteiger partial charge in [0.15, 0.2) is 5.65 Å². The number of aromatic nitrogens is 3. The molecule has 1 saturated heterocycles. The fourth-order valence-corrected chi connectivity index (χ4v) is 3.39. The molecule has 2 aromatic heterocycles. The molecule has 1 aliphatic rings. The number of piperidine rings is 1. The predicted molar refractivity (Wildman–Crippen MR) is 107 cm³/mol. The van der Waals surface area contributed by atoms with Crippen LogP contribution in [-0.4, -0.2) is 70.0 Å². The SMILES string of the molecule is CCOCCn1c(NC2CCN(CCN=C=S)CC2)nc2cccnc21. The van der Waals surface area contributed by atoms with Crippen LogP contribution in [0.3, 0.4) is 0 Å². The number of likely N-dealkylation sites (tertiary alicyclic amines) is 1. The molecule has 1 aliphatic heterocycles. The van der Waals surface area contributed by atoms with Gasteiger partial charge in [-0.3, -0.25) is 4.57 Å². The Bertz CT molecular complexity index is 749. The van der Waals surface area contributed by atoms with Gasteiger partial charge in [0.25, 0.3) is 0 Å². The zero-order valence-corrected chi connectivity index (χ0v) is 16.0. The van der Waals surface area contributed by atoms with Crippen molar-refractivity contribution < 1.29 is 4.74 Å². The van der Waals surface area contributed by atoms with Gasteiger partial charge in [0.05, 0.1) is 24.9 Å². The number of imidazole rings is 1. The van der Waals surface area contributed by atoms with Crippen molar-refractivity contribution in [3.05, 3.63) is 18.3 Å². The first kappa shape index (κ1) is 18.9. The van der Waals surface area contributed by atoms with Crippen molar-refractivity contribution in [1.29, 1.82) is 0 Å². The Morgan fingerprint density at radius 3 is 3.00 bits per heavy atom. The van der Waals surface area contributed by atoms with E-state index in [-0.39, 0.29) is 0 Å². The zero-order valence-electron chi connectivity index (χ0n) is 15.2. The lowest BCUT2D eigenvalue weighted by atomic mass is 10.1. The molecule has 0 atom stereocenters. The van der Waals surface area contributed by atoms with Crippen molar-refractivity contribution in [3.63, 3.8) is 0 Å². The number of thiocarbonyl (C=S) groups is 1. The highest BCUT2D eigenvalue weighted by Crippen LogP contribution is 2.21. The van der Waals surface area contributed by atoms with Crippen molar-refractivity contribution in [2.24, 2.45) is 4.99 Å². The van der Waals surface area contributed by atoms with Gasteiger partial charge in [-0.25, -0.2) is 15.0 Å². The minimum absolute atomic E-state index is 0.419. The molecule has 3 heterocycles. The molecular weight excluding hydrogens is 348 g/mol. The number of isothiocyanates is 1. The van der Waals surface area contributed by atoms with Gasteiger partial charge in [-0.05, 0) is 44.1 Å². The van der Waals surface area contributed by atoms with E-state index in [0.717, 1.165) is 62.7 Å². The molecule has 0 aromatic carbocycles. The monoisotopic (exact) mass is 374 g/mol. The number of aliphatic imine (C=N–C) groups is 1. The van der Waals surface area contributed by atoms with Crippen molar-refractivity contribution in [2.45, 2.75) is 32.4 Å². The fraction of sp³-hybridized carbons (Fsp3) is 0.611. The molecule has 1 N–H and O–H groups in total. The number of anilines is 1. The number of pyridine rings is 1. The van der Waals surface area contributed by atoms with Crippen LogP contribution in [0.15, 0.2) is 23.3 Å². The second kappa shape index (κ2) is 9.73. The third-order valence-corrected chi connectivity index (χ3v) is 4.81. The number of fused-ring (bicyclic) bond motifs is 1. The molecule has 0 unspecified atom stereocenters. The van der Waals surface area contributed by atoms with E-state index in [2.05, 4.69) is 42.1 Å². The number of ether oxygens (including phenoxy) is 1. The fourth-order valence-electron chi connectivity index (χ4n) is 3.30. The number of rotatable bonds is 9. The summed E-state index contributed by atoms with van der Waals surface area (Å²) in [7, 11) is 0. The van der Waals surface area contributed by atoms with E-state index in [0.29, 0.717) is 19.3 Å². The lowest BCUT2D eigenvalue weighted by Crippen LogP contribution is -2.40. The van der Waals surface area contributed by atoms with Crippen LogP contribution in [0.4, 0.5) is 5.95 Å². The van der Waals surface area contributed by atoms with Crippen LogP contribution >= 0.6 is 12.2 Å². The molecule has 7 nitrogen and oxygen atoms in total. The topological polar surface area (TPSA) is 67.6 Å². The molecule has 26 heavy (non-hydrogen) atoms. The Balaban J connectivity index is 1.63. The van der Waals surface area contributed by atoms with Gasteiger partial charge in [-0.1, -0.05) is 0 Å². The summed E-state index contributed by atoms with van der Waals surface area (Å²) in [6, 6.07) is 4.35. The van der Waals surface area contributed by atoms with Gasteiger partial charge in [0, 0.05) is 38.5 Å². The van der Waals surface area contributed by atoms with Crippen LogP contribution in [0.2, 0.25) is 0 Å². The normalized spacial score (nSPS) is 15.9. The second-order valence-corrected chi connectivity index (χ2v) is 6.55. The van der Waals surface area contributed by atoms with Gasteiger partial charge in [0.2, 0.25) is 5.95 Å². The van der Waals surface area contributed by atoms with Gasteiger partial charge in [0.1, 0.15) is 5.52 Å². The molecule has 2 aromatic rings. The molecule has 0 aliphatic carbocycles. The van der Waals surface area contributed by atoms with Gasteiger partial charge >= 0.3 is 0 Å². The van der Waals surface area contributed by atoms with Crippen molar-refractivity contribution in [1.82, 2.24) is 19.4 Å². The van der Waals surface area contributed by atoms with Gasteiger partial charge < -0.3 is 15.0 Å². The van der Waals surface area contributed by atoms with Crippen LogP contribution in [0, 0.1) is 0 Å². The highest BCUT2D eigenvalue weighted by atomic mass is 32.1. The molecule has 0 saturated carbocycles. The number of nitrogens with zero attached hydrogens (tertiary/aromatic N) is 5. The molecular formula is C18H26N6OS. The zero-order chi connectivity index (χ0) is 18.2. The summed E-state index contributed by atoms with van der Waals surface area (Å²) in [6.07, 6.45) is 3.99. The molecule has 0 spiro atoms. The summed E-state index contributed by atoms with van der Waals surface area (Å²) in [5.74, 6) is 0.891. The molecule has 3 rings (SSSR count). The number of nitrogens with one attached hydrogen (secondary N) is 1. The molecule has 8 heteroatoms. The standard InChI is InChI=1S/C18H26N6OS/c1-2-25-13-12-24-17-16(4-3-7-20-17)22-18(24)21-15-5-9-23(10-6-15)11-8-19-14-26/h3-4,7,15H,2,5-6,8-13H2,1H3,(H,21,22). The van der Waals surface area contributed by atoms with Crippen LogP contribution < -0.4 is 5.32 Å². The summed E-state index contributed by atoms with van der Waals surface area (Å²) < 4.78 is 7.66. The second-order valence-electron chi connectivity index (χ2n) is 6.36. The van der Waals surface area contributed by atoms with E-state index in [4.69, 9.17) is 9.72 Å².